The van der Waals surface area contributed by atoms with Crippen molar-refractivity contribution in [1.29, 1.82) is 0 Å². The van der Waals surface area contributed by atoms with Crippen LogP contribution in [-0.4, -0.2) is 16.8 Å². The molecule has 0 saturated heterocycles. The van der Waals surface area contributed by atoms with E-state index in [-0.39, 0.29) is 5.75 Å². The van der Waals surface area contributed by atoms with Gasteiger partial charge < -0.3 is 15.5 Å². The summed E-state index contributed by atoms with van der Waals surface area (Å²) in [4.78, 5) is 0. The fourth-order valence-corrected chi connectivity index (χ4v) is 2.35. The molecule has 0 aliphatic carbocycles. The summed E-state index contributed by atoms with van der Waals surface area (Å²) in [5.41, 5.74) is 2.87. The normalized spacial score (nSPS) is 12.3. The van der Waals surface area contributed by atoms with Crippen molar-refractivity contribution in [3.8, 4) is 5.75 Å². The van der Waals surface area contributed by atoms with Crippen LogP contribution in [0.4, 0.5) is 0 Å². The molecule has 0 radical (unpaired) electrons. The number of benzene rings is 2. The molecule has 0 spiro atoms. The summed E-state index contributed by atoms with van der Waals surface area (Å²) in [7, 11) is 0. The monoisotopic (exact) mass is 335 g/mol. The SMILES string of the molecule is Cc1ccc(C(O)CNCc2cc(Br)ccc2O)cc1. The van der Waals surface area contributed by atoms with Gasteiger partial charge in [-0.2, -0.15) is 0 Å². The number of phenolic OH excluding ortho intramolecular Hbond substituents is 1. The van der Waals surface area contributed by atoms with Crippen LogP contribution < -0.4 is 5.32 Å². The van der Waals surface area contributed by atoms with Crippen LogP contribution in [-0.2, 0) is 6.54 Å². The molecule has 2 aromatic rings. The summed E-state index contributed by atoms with van der Waals surface area (Å²) < 4.78 is 0.922. The van der Waals surface area contributed by atoms with Crippen LogP contribution in [0.3, 0.4) is 0 Å². The van der Waals surface area contributed by atoms with Crippen molar-refractivity contribution >= 4 is 15.9 Å². The maximum atomic E-state index is 10.1. The Bertz CT molecular complexity index is 569. The minimum Gasteiger partial charge on any atom is -0.508 e. The molecule has 2 aromatic carbocycles. The fraction of sp³-hybridized carbons (Fsp3) is 0.250. The fourth-order valence-electron chi connectivity index (χ4n) is 1.95. The van der Waals surface area contributed by atoms with Crippen molar-refractivity contribution in [3.63, 3.8) is 0 Å². The molecule has 2 rings (SSSR count). The van der Waals surface area contributed by atoms with Crippen LogP contribution in [0.2, 0.25) is 0 Å². The van der Waals surface area contributed by atoms with Gasteiger partial charge in [-0.25, -0.2) is 0 Å². The Morgan fingerprint density at radius 3 is 2.55 bits per heavy atom. The van der Waals surface area contributed by atoms with Crippen LogP contribution in [0, 0.1) is 6.92 Å². The largest absolute Gasteiger partial charge is 0.508 e. The maximum Gasteiger partial charge on any atom is 0.120 e. The standard InChI is InChI=1S/C16H18BrNO2/c1-11-2-4-12(5-3-11)16(20)10-18-9-13-8-14(17)6-7-15(13)19/h2-8,16,18-20H,9-10H2,1H3. The van der Waals surface area contributed by atoms with Gasteiger partial charge in [-0.05, 0) is 30.7 Å². The van der Waals surface area contributed by atoms with Crippen molar-refractivity contribution in [1.82, 2.24) is 5.32 Å². The zero-order valence-corrected chi connectivity index (χ0v) is 12.9. The first-order chi connectivity index (χ1) is 9.56. The summed E-state index contributed by atoms with van der Waals surface area (Å²) in [6.07, 6.45) is -0.551. The van der Waals surface area contributed by atoms with Gasteiger partial charge in [-0.3, -0.25) is 0 Å². The van der Waals surface area contributed by atoms with Gasteiger partial charge in [-0.15, -0.1) is 0 Å². The molecule has 0 fully saturated rings. The molecule has 0 aliphatic heterocycles. The predicted octanol–water partition coefficient (Wildman–Crippen LogP) is 3.29. The molecule has 0 aromatic heterocycles. The number of hydrogen-bond acceptors (Lipinski definition) is 3. The van der Waals surface area contributed by atoms with Crippen molar-refractivity contribution in [2.24, 2.45) is 0 Å². The Balaban J connectivity index is 1.89. The van der Waals surface area contributed by atoms with Gasteiger partial charge in [0.1, 0.15) is 5.75 Å². The predicted molar refractivity (Wildman–Crippen MR) is 83.7 cm³/mol. The number of hydrogen-bond donors (Lipinski definition) is 3. The van der Waals surface area contributed by atoms with E-state index >= 15 is 0 Å². The highest BCUT2D eigenvalue weighted by atomic mass is 79.9. The van der Waals surface area contributed by atoms with Crippen LogP contribution in [0.5, 0.6) is 5.75 Å². The highest BCUT2D eigenvalue weighted by Gasteiger charge is 2.07. The molecule has 1 atom stereocenters. The quantitative estimate of drug-likeness (QED) is 0.785. The highest BCUT2D eigenvalue weighted by molar-refractivity contribution is 9.10. The first-order valence-corrected chi connectivity index (χ1v) is 7.28. The van der Waals surface area contributed by atoms with E-state index < -0.39 is 6.10 Å². The number of aliphatic hydroxyl groups excluding tert-OH is 1. The van der Waals surface area contributed by atoms with Gasteiger partial charge in [0.15, 0.2) is 0 Å². The van der Waals surface area contributed by atoms with Crippen molar-refractivity contribution < 1.29 is 10.2 Å². The molecular weight excluding hydrogens is 318 g/mol. The van der Waals surface area contributed by atoms with Gasteiger partial charge in [0.05, 0.1) is 6.10 Å². The summed E-state index contributed by atoms with van der Waals surface area (Å²) in [6.45, 7) is 2.97. The molecule has 0 aliphatic rings. The minimum atomic E-state index is -0.551. The number of rotatable bonds is 5. The average Bonchev–Trinajstić information content (AvgIpc) is 2.43. The van der Waals surface area contributed by atoms with E-state index in [1.807, 2.05) is 37.3 Å². The summed E-state index contributed by atoms with van der Waals surface area (Å²) in [5, 5.41) is 23.0. The highest BCUT2D eigenvalue weighted by Crippen LogP contribution is 2.21. The molecule has 4 heteroatoms. The van der Waals surface area contributed by atoms with Gasteiger partial charge in [0.2, 0.25) is 0 Å². The zero-order chi connectivity index (χ0) is 14.5. The van der Waals surface area contributed by atoms with Gasteiger partial charge in [0.25, 0.3) is 0 Å². The minimum absolute atomic E-state index is 0.255. The first kappa shape index (κ1) is 15.0. The molecule has 20 heavy (non-hydrogen) atoms. The Morgan fingerprint density at radius 1 is 1.15 bits per heavy atom. The van der Waals surface area contributed by atoms with Crippen LogP contribution in [0.1, 0.15) is 22.8 Å². The second kappa shape index (κ2) is 6.88. The second-order valence-electron chi connectivity index (χ2n) is 4.83. The Morgan fingerprint density at radius 2 is 1.85 bits per heavy atom. The second-order valence-corrected chi connectivity index (χ2v) is 5.75. The summed E-state index contributed by atoms with van der Waals surface area (Å²) in [5.74, 6) is 0.255. The zero-order valence-electron chi connectivity index (χ0n) is 11.3. The lowest BCUT2D eigenvalue weighted by Gasteiger charge is -2.13. The number of halogens is 1. The summed E-state index contributed by atoms with van der Waals surface area (Å²) in [6, 6.07) is 13.1. The third kappa shape index (κ3) is 4.07. The number of aryl methyl sites for hydroxylation is 1. The Hall–Kier alpha value is -1.36. The Labute approximate surface area is 127 Å². The Kier molecular flexibility index (Phi) is 5.17. The van der Waals surface area contributed by atoms with E-state index in [0.29, 0.717) is 13.1 Å². The third-order valence-corrected chi connectivity index (χ3v) is 3.65. The average molecular weight is 336 g/mol. The van der Waals surface area contributed by atoms with Crippen LogP contribution in [0.15, 0.2) is 46.9 Å². The van der Waals surface area contributed by atoms with E-state index in [0.717, 1.165) is 15.6 Å². The van der Waals surface area contributed by atoms with Crippen molar-refractivity contribution in [3.05, 3.63) is 63.6 Å². The van der Waals surface area contributed by atoms with Crippen LogP contribution >= 0.6 is 15.9 Å². The molecular formula is C16H18BrNO2. The molecule has 0 heterocycles. The van der Waals surface area contributed by atoms with Crippen LogP contribution in [0.25, 0.3) is 0 Å². The van der Waals surface area contributed by atoms with E-state index in [2.05, 4.69) is 21.2 Å². The molecule has 0 amide bonds. The molecule has 1 unspecified atom stereocenters. The van der Waals surface area contributed by atoms with E-state index in [9.17, 15) is 10.2 Å². The molecule has 0 saturated carbocycles. The lowest BCUT2D eigenvalue weighted by molar-refractivity contribution is 0.174. The molecule has 3 N–H and O–H groups in total. The number of aromatic hydroxyl groups is 1. The topological polar surface area (TPSA) is 52.5 Å². The molecule has 3 nitrogen and oxygen atoms in total. The molecule has 0 bridgehead atoms. The lowest BCUT2D eigenvalue weighted by atomic mass is 10.1. The number of phenols is 1. The maximum absolute atomic E-state index is 10.1. The molecule has 106 valence electrons. The van der Waals surface area contributed by atoms with E-state index in [4.69, 9.17) is 0 Å². The van der Waals surface area contributed by atoms with Gasteiger partial charge in [0, 0.05) is 23.1 Å². The van der Waals surface area contributed by atoms with E-state index in [1.165, 1.54) is 5.56 Å². The van der Waals surface area contributed by atoms with Gasteiger partial charge in [-0.1, -0.05) is 45.8 Å². The summed E-state index contributed by atoms with van der Waals surface area (Å²) >= 11 is 3.37. The smallest absolute Gasteiger partial charge is 0.120 e. The third-order valence-electron chi connectivity index (χ3n) is 3.16. The van der Waals surface area contributed by atoms with E-state index in [1.54, 1.807) is 12.1 Å². The number of nitrogens with one attached hydrogen (secondary N) is 1. The lowest BCUT2D eigenvalue weighted by Crippen LogP contribution is -2.21. The van der Waals surface area contributed by atoms with Gasteiger partial charge >= 0.3 is 0 Å². The number of aliphatic hydroxyl groups is 1. The van der Waals surface area contributed by atoms with Crippen molar-refractivity contribution in [2.75, 3.05) is 6.54 Å². The first-order valence-electron chi connectivity index (χ1n) is 6.49. The van der Waals surface area contributed by atoms with Crippen molar-refractivity contribution in [2.45, 2.75) is 19.6 Å².